The maximum atomic E-state index is 12.3. The molecule has 2 N–H and O–H groups in total. The van der Waals surface area contributed by atoms with Crippen molar-refractivity contribution in [3.8, 4) is 0 Å². The van der Waals surface area contributed by atoms with E-state index in [9.17, 15) is 18.0 Å². The van der Waals surface area contributed by atoms with Crippen molar-refractivity contribution in [2.24, 2.45) is 5.73 Å². The zero-order valence-corrected chi connectivity index (χ0v) is 10.3. The first-order valence-corrected chi connectivity index (χ1v) is 5.40. The van der Waals surface area contributed by atoms with Crippen molar-refractivity contribution in [2.75, 3.05) is 19.7 Å². The third-order valence-electron chi connectivity index (χ3n) is 2.13. The summed E-state index contributed by atoms with van der Waals surface area (Å²) >= 11 is 0. The summed E-state index contributed by atoms with van der Waals surface area (Å²) in [5, 5.41) is 0. The van der Waals surface area contributed by atoms with Gasteiger partial charge in [-0.15, -0.1) is 0 Å². The molecule has 0 fully saturated rings. The maximum absolute atomic E-state index is 12.3. The smallest absolute Gasteiger partial charge is 0.401 e. The molecule has 0 radical (unpaired) electrons. The van der Waals surface area contributed by atoms with E-state index in [2.05, 4.69) is 4.74 Å². The summed E-state index contributed by atoms with van der Waals surface area (Å²) in [6, 6.07) is -1.41. The maximum Gasteiger partial charge on any atom is 0.401 e. The minimum Gasteiger partial charge on any atom is -0.465 e. The molecule has 1 unspecified atom stereocenters. The lowest BCUT2D eigenvalue weighted by molar-refractivity contribution is -0.155. The molecule has 0 aliphatic heterocycles. The number of nitrogens with two attached hydrogens (primary N) is 1. The van der Waals surface area contributed by atoms with Gasteiger partial charge in [0, 0.05) is 12.6 Å². The van der Waals surface area contributed by atoms with E-state index < -0.39 is 24.7 Å². The average molecular weight is 256 g/mol. The highest BCUT2D eigenvalue weighted by Gasteiger charge is 2.33. The fraction of sp³-hybridized carbons (Fsp3) is 0.900. The van der Waals surface area contributed by atoms with E-state index in [1.165, 1.54) is 0 Å². The average Bonchev–Trinajstić information content (AvgIpc) is 2.14. The molecule has 7 heteroatoms. The van der Waals surface area contributed by atoms with Gasteiger partial charge < -0.3 is 10.5 Å². The molecule has 1 atom stereocenters. The monoisotopic (exact) mass is 256 g/mol. The molecule has 0 aromatic heterocycles. The zero-order valence-electron chi connectivity index (χ0n) is 10.3. The van der Waals surface area contributed by atoms with E-state index in [1.807, 2.05) is 0 Å². The van der Waals surface area contributed by atoms with Crippen LogP contribution >= 0.6 is 0 Å². The standard InChI is InChI=1S/C10H19F3N2O2/c1-4-17-9(16)8(14)5-15(7(2)3)6-10(11,12)13/h7-8H,4-6,14H2,1-3H3. The summed E-state index contributed by atoms with van der Waals surface area (Å²) < 4.78 is 41.4. The lowest BCUT2D eigenvalue weighted by atomic mass is 10.2. The molecule has 0 aromatic rings. The van der Waals surface area contributed by atoms with Gasteiger partial charge in [0.1, 0.15) is 6.04 Å². The molecule has 0 heterocycles. The molecule has 0 amide bonds. The van der Waals surface area contributed by atoms with Crippen LogP contribution in [0.2, 0.25) is 0 Å². The predicted octanol–water partition coefficient (Wildman–Crippen LogP) is 1.15. The fourth-order valence-corrected chi connectivity index (χ4v) is 1.26. The van der Waals surface area contributed by atoms with Gasteiger partial charge in [0.2, 0.25) is 0 Å². The molecule has 0 rings (SSSR count). The molecule has 0 aliphatic carbocycles. The number of halogens is 3. The van der Waals surface area contributed by atoms with Crippen molar-refractivity contribution in [3.63, 3.8) is 0 Å². The van der Waals surface area contributed by atoms with Crippen LogP contribution in [0.3, 0.4) is 0 Å². The molecular weight excluding hydrogens is 237 g/mol. The van der Waals surface area contributed by atoms with Gasteiger partial charge in [-0.05, 0) is 20.8 Å². The number of carbonyl (C=O) groups excluding carboxylic acids is 1. The third kappa shape index (κ3) is 7.17. The number of carbonyl (C=O) groups is 1. The Morgan fingerprint density at radius 1 is 1.41 bits per heavy atom. The summed E-state index contributed by atoms with van der Waals surface area (Å²) in [6.07, 6.45) is -4.31. The lowest BCUT2D eigenvalue weighted by Crippen LogP contribution is -2.49. The largest absolute Gasteiger partial charge is 0.465 e. The number of hydrogen-bond acceptors (Lipinski definition) is 4. The molecule has 4 nitrogen and oxygen atoms in total. The SMILES string of the molecule is CCOC(=O)C(N)CN(CC(F)(F)F)C(C)C. The van der Waals surface area contributed by atoms with Gasteiger partial charge in [-0.25, -0.2) is 0 Å². The second-order valence-electron chi connectivity index (χ2n) is 4.00. The minimum absolute atomic E-state index is 0.160. The van der Waals surface area contributed by atoms with Gasteiger partial charge in [0.15, 0.2) is 0 Å². The van der Waals surface area contributed by atoms with Gasteiger partial charge in [-0.2, -0.15) is 13.2 Å². The van der Waals surface area contributed by atoms with E-state index in [-0.39, 0.29) is 19.2 Å². The number of esters is 1. The zero-order chi connectivity index (χ0) is 13.6. The first kappa shape index (κ1) is 16.2. The fourth-order valence-electron chi connectivity index (χ4n) is 1.26. The molecule has 0 aliphatic rings. The molecule has 0 bridgehead atoms. The van der Waals surface area contributed by atoms with Crippen LogP contribution in [0.5, 0.6) is 0 Å². The van der Waals surface area contributed by atoms with Gasteiger partial charge in [0.25, 0.3) is 0 Å². The number of alkyl halides is 3. The molecule has 0 spiro atoms. The minimum atomic E-state index is -4.31. The van der Waals surface area contributed by atoms with Crippen LogP contribution < -0.4 is 5.73 Å². The molecule has 0 saturated carbocycles. The Kier molecular flexibility index (Phi) is 6.48. The number of ether oxygens (including phenoxy) is 1. The normalized spacial score (nSPS) is 14.2. The highest BCUT2D eigenvalue weighted by molar-refractivity contribution is 5.75. The molecule has 17 heavy (non-hydrogen) atoms. The van der Waals surface area contributed by atoms with Crippen LogP contribution in [0.4, 0.5) is 13.2 Å². The predicted molar refractivity (Wildman–Crippen MR) is 57.4 cm³/mol. The molecule has 0 aromatic carbocycles. The van der Waals surface area contributed by atoms with Crippen LogP contribution in [0.1, 0.15) is 20.8 Å². The third-order valence-corrected chi connectivity index (χ3v) is 2.13. The first-order valence-electron chi connectivity index (χ1n) is 5.40. The van der Waals surface area contributed by atoms with Gasteiger partial charge in [-0.3, -0.25) is 9.69 Å². The number of rotatable bonds is 6. The van der Waals surface area contributed by atoms with Crippen molar-refractivity contribution < 1.29 is 22.7 Å². The molecule has 102 valence electrons. The van der Waals surface area contributed by atoms with E-state index in [0.29, 0.717) is 0 Å². The highest BCUT2D eigenvalue weighted by atomic mass is 19.4. The van der Waals surface area contributed by atoms with Gasteiger partial charge in [0.05, 0.1) is 13.2 Å². The second kappa shape index (κ2) is 6.80. The lowest BCUT2D eigenvalue weighted by Gasteiger charge is -2.29. The topological polar surface area (TPSA) is 55.6 Å². The Balaban J connectivity index is 4.40. The van der Waals surface area contributed by atoms with Gasteiger partial charge in [-0.1, -0.05) is 0 Å². The number of hydrogen-bond donors (Lipinski definition) is 1. The second-order valence-corrected chi connectivity index (χ2v) is 4.00. The highest BCUT2D eigenvalue weighted by Crippen LogP contribution is 2.18. The Labute approximate surface area is 98.9 Å². The first-order chi connectivity index (χ1) is 7.67. The van der Waals surface area contributed by atoms with Crippen LogP contribution in [0.15, 0.2) is 0 Å². The van der Waals surface area contributed by atoms with Crippen molar-refractivity contribution in [3.05, 3.63) is 0 Å². The van der Waals surface area contributed by atoms with Crippen molar-refractivity contribution >= 4 is 5.97 Å². The van der Waals surface area contributed by atoms with Crippen LogP contribution in [-0.4, -0.2) is 48.8 Å². The molecular formula is C10H19F3N2O2. The number of nitrogens with zero attached hydrogens (tertiary/aromatic N) is 1. The molecule has 0 saturated heterocycles. The van der Waals surface area contributed by atoms with E-state index >= 15 is 0 Å². The van der Waals surface area contributed by atoms with E-state index in [1.54, 1.807) is 20.8 Å². The summed E-state index contributed by atoms with van der Waals surface area (Å²) in [4.78, 5) is 12.3. The van der Waals surface area contributed by atoms with Gasteiger partial charge >= 0.3 is 12.1 Å². The van der Waals surface area contributed by atoms with Crippen LogP contribution in [0, 0.1) is 0 Å². The Morgan fingerprint density at radius 2 is 1.94 bits per heavy atom. The summed E-state index contributed by atoms with van der Waals surface area (Å²) in [6.45, 7) is 3.75. The quantitative estimate of drug-likeness (QED) is 0.724. The van der Waals surface area contributed by atoms with Crippen LogP contribution in [-0.2, 0) is 9.53 Å². The Hall–Kier alpha value is -0.820. The van der Waals surface area contributed by atoms with Crippen molar-refractivity contribution in [1.29, 1.82) is 0 Å². The van der Waals surface area contributed by atoms with E-state index in [0.717, 1.165) is 4.90 Å². The Morgan fingerprint density at radius 3 is 2.29 bits per heavy atom. The van der Waals surface area contributed by atoms with Crippen molar-refractivity contribution in [1.82, 2.24) is 4.90 Å². The Bertz CT molecular complexity index is 244. The van der Waals surface area contributed by atoms with E-state index in [4.69, 9.17) is 5.73 Å². The van der Waals surface area contributed by atoms with Crippen LogP contribution in [0.25, 0.3) is 0 Å². The van der Waals surface area contributed by atoms with Crippen molar-refractivity contribution in [2.45, 2.75) is 39.0 Å². The summed E-state index contributed by atoms with van der Waals surface area (Å²) in [7, 11) is 0. The summed E-state index contributed by atoms with van der Waals surface area (Å²) in [5.74, 6) is -0.680. The summed E-state index contributed by atoms with van der Waals surface area (Å²) in [5.41, 5.74) is 5.48.